The van der Waals surface area contributed by atoms with E-state index in [2.05, 4.69) is 53.5 Å². The molecule has 3 heterocycles. The van der Waals surface area contributed by atoms with Crippen molar-refractivity contribution in [2.75, 3.05) is 0 Å². The first-order valence-corrected chi connectivity index (χ1v) is 14.6. The molecule has 44 heavy (non-hydrogen) atoms. The van der Waals surface area contributed by atoms with Gasteiger partial charge in [0.05, 0.1) is 5.56 Å². The van der Waals surface area contributed by atoms with Crippen LogP contribution in [-0.4, -0.2) is 19.9 Å². The lowest BCUT2D eigenvalue weighted by Crippen LogP contribution is -2.00. The lowest BCUT2D eigenvalue weighted by atomic mass is 9.96. The minimum atomic E-state index is 0.560. The maximum Gasteiger partial charge on any atom is 0.167 e. The third-order valence-corrected chi connectivity index (χ3v) is 7.84. The lowest BCUT2D eigenvalue weighted by molar-refractivity contribution is 0.669. The van der Waals surface area contributed by atoms with Crippen LogP contribution in [-0.2, 0) is 0 Å². The van der Waals surface area contributed by atoms with Crippen molar-refractivity contribution in [3.8, 4) is 56.4 Å². The van der Waals surface area contributed by atoms with Gasteiger partial charge in [-0.05, 0) is 65.6 Å². The van der Waals surface area contributed by atoms with Crippen molar-refractivity contribution >= 4 is 21.9 Å². The molecule has 0 saturated carbocycles. The van der Waals surface area contributed by atoms with Gasteiger partial charge in [-0.25, -0.2) is 15.0 Å². The standard InChI is InChI=1S/C39H26N4O/c1-25-21-30(19-20-40-25)28-15-10-16-29(22-28)31-23-33-32-17-8-9-18-35(32)44-36(33)34(24-31)39-42-37(26-11-4-2-5-12-26)41-38(43-39)27-13-6-3-7-14-27/h2-24H,1H3. The molecule has 0 atom stereocenters. The van der Waals surface area contributed by atoms with Crippen LogP contribution in [0.25, 0.3) is 78.4 Å². The highest BCUT2D eigenvalue weighted by atomic mass is 16.3. The Morgan fingerprint density at radius 1 is 0.455 bits per heavy atom. The van der Waals surface area contributed by atoms with Gasteiger partial charge in [0.15, 0.2) is 17.5 Å². The minimum Gasteiger partial charge on any atom is -0.455 e. The second kappa shape index (κ2) is 10.7. The second-order valence-corrected chi connectivity index (χ2v) is 10.8. The molecule has 0 aliphatic rings. The summed E-state index contributed by atoms with van der Waals surface area (Å²) in [6.07, 6.45) is 1.86. The molecule has 0 bridgehead atoms. The van der Waals surface area contributed by atoms with E-state index in [4.69, 9.17) is 19.4 Å². The first-order valence-electron chi connectivity index (χ1n) is 14.6. The summed E-state index contributed by atoms with van der Waals surface area (Å²) in [7, 11) is 0. The van der Waals surface area contributed by atoms with Gasteiger partial charge in [-0.2, -0.15) is 0 Å². The number of hydrogen-bond donors (Lipinski definition) is 0. The van der Waals surface area contributed by atoms with E-state index in [-0.39, 0.29) is 0 Å². The monoisotopic (exact) mass is 566 g/mol. The summed E-state index contributed by atoms with van der Waals surface area (Å²) < 4.78 is 6.52. The van der Waals surface area contributed by atoms with E-state index in [0.29, 0.717) is 17.5 Å². The van der Waals surface area contributed by atoms with Gasteiger partial charge in [0.1, 0.15) is 11.2 Å². The van der Waals surface area contributed by atoms with Crippen LogP contribution < -0.4 is 0 Å². The predicted octanol–water partition coefficient (Wildman–Crippen LogP) is 9.81. The Balaban J connectivity index is 1.39. The molecule has 8 rings (SSSR count). The topological polar surface area (TPSA) is 64.7 Å². The first kappa shape index (κ1) is 25.7. The summed E-state index contributed by atoms with van der Waals surface area (Å²) >= 11 is 0. The summed E-state index contributed by atoms with van der Waals surface area (Å²) in [4.78, 5) is 19.4. The van der Waals surface area contributed by atoms with Crippen LogP contribution in [0.5, 0.6) is 0 Å². The van der Waals surface area contributed by atoms with Gasteiger partial charge in [0.25, 0.3) is 0 Å². The highest BCUT2D eigenvalue weighted by molar-refractivity contribution is 6.11. The number of hydrogen-bond acceptors (Lipinski definition) is 5. The fourth-order valence-electron chi connectivity index (χ4n) is 5.69. The molecule has 0 unspecified atom stereocenters. The number of pyridine rings is 1. The number of aromatic nitrogens is 4. The van der Waals surface area contributed by atoms with Crippen molar-refractivity contribution < 1.29 is 4.42 Å². The average molecular weight is 567 g/mol. The summed E-state index contributed by atoms with van der Waals surface area (Å²) in [6, 6.07) is 45.3. The van der Waals surface area contributed by atoms with E-state index < -0.39 is 0 Å². The SMILES string of the molecule is Cc1cc(-c2cccc(-c3cc(-c4nc(-c5ccccc5)nc(-c5ccccc5)n4)c4oc5ccccc5c4c3)c2)ccn1. The van der Waals surface area contributed by atoms with Crippen LogP contribution in [0.4, 0.5) is 0 Å². The molecular weight excluding hydrogens is 540 g/mol. The van der Waals surface area contributed by atoms with E-state index in [0.717, 1.165) is 66.6 Å². The van der Waals surface area contributed by atoms with E-state index in [9.17, 15) is 0 Å². The molecule has 3 aromatic heterocycles. The van der Waals surface area contributed by atoms with E-state index in [1.807, 2.05) is 98.0 Å². The van der Waals surface area contributed by atoms with Crippen molar-refractivity contribution in [3.05, 3.63) is 145 Å². The van der Waals surface area contributed by atoms with Crippen LogP contribution in [0.15, 0.2) is 144 Å². The van der Waals surface area contributed by atoms with Crippen molar-refractivity contribution in [1.29, 1.82) is 0 Å². The van der Waals surface area contributed by atoms with Crippen molar-refractivity contribution in [2.45, 2.75) is 6.92 Å². The molecule has 0 aliphatic heterocycles. The number of rotatable bonds is 5. The van der Waals surface area contributed by atoms with Gasteiger partial charge in [0.2, 0.25) is 0 Å². The number of benzene rings is 5. The van der Waals surface area contributed by atoms with Gasteiger partial charge in [-0.15, -0.1) is 0 Å². The number of para-hydroxylation sites is 1. The molecule has 5 heteroatoms. The summed E-state index contributed by atoms with van der Waals surface area (Å²) in [5.74, 6) is 1.78. The maximum atomic E-state index is 6.52. The Labute approximate surface area is 254 Å². The Bertz CT molecular complexity index is 2230. The summed E-state index contributed by atoms with van der Waals surface area (Å²) in [6.45, 7) is 2.01. The molecule has 0 radical (unpaired) electrons. The summed E-state index contributed by atoms with van der Waals surface area (Å²) in [5, 5.41) is 2.06. The van der Waals surface area contributed by atoms with Gasteiger partial charge < -0.3 is 4.42 Å². The average Bonchev–Trinajstić information content (AvgIpc) is 3.47. The molecule has 208 valence electrons. The Hall–Kier alpha value is -5.94. The molecule has 0 aliphatic carbocycles. The fourth-order valence-corrected chi connectivity index (χ4v) is 5.69. The fraction of sp³-hybridized carbons (Fsp3) is 0.0256. The third kappa shape index (κ3) is 4.71. The van der Waals surface area contributed by atoms with Crippen molar-refractivity contribution in [2.24, 2.45) is 0 Å². The largest absolute Gasteiger partial charge is 0.455 e. The predicted molar refractivity (Wildman–Crippen MR) is 177 cm³/mol. The van der Waals surface area contributed by atoms with Crippen LogP contribution in [0.1, 0.15) is 5.69 Å². The molecule has 0 amide bonds. The van der Waals surface area contributed by atoms with Crippen LogP contribution in [0.3, 0.4) is 0 Å². The van der Waals surface area contributed by atoms with Gasteiger partial charge in [-0.3, -0.25) is 4.98 Å². The lowest BCUT2D eigenvalue weighted by Gasteiger charge is -2.11. The highest BCUT2D eigenvalue weighted by Crippen LogP contribution is 2.40. The highest BCUT2D eigenvalue weighted by Gasteiger charge is 2.19. The zero-order valence-electron chi connectivity index (χ0n) is 24.0. The molecule has 5 aromatic carbocycles. The number of furan rings is 1. The Kier molecular flexibility index (Phi) is 6.27. The van der Waals surface area contributed by atoms with E-state index in [1.54, 1.807) is 0 Å². The van der Waals surface area contributed by atoms with Crippen LogP contribution >= 0.6 is 0 Å². The van der Waals surface area contributed by atoms with Gasteiger partial charge >= 0.3 is 0 Å². The number of nitrogens with zero attached hydrogens (tertiary/aromatic N) is 4. The molecule has 0 spiro atoms. The van der Waals surface area contributed by atoms with E-state index in [1.165, 1.54) is 0 Å². The Morgan fingerprint density at radius 2 is 1.05 bits per heavy atom. The zero-order valence-corrected chi connectivity index (χ0v) is 24.0. The smallest absolute Gasteiger partial charge is 0.167 e. The van der Waals surface area contributed by atoms with E-state index >= 15 is 0 Å². The third-order valence-electron chi connectivity index (χ3n) is 7.84. The molecular formula is C39H26N4O. The Morgan fingerprint density at radius 3 is 1.75 bits per heavy atom. The van der Waals surface area contributed by atoms with Crippen LogP contribution in [0.2, 0.25) is 0 Å². The van der Waals surface area contributed by atoms with Crippen LogP contribution in [0, 0.1) is 6.92 Å². The zero-order chi connectivity index (χ0) is 29.5. The molecule has 0 fully saturated rings. The molecule has 0 saturated heterocycles. The molecule has 5 nitrogen and oxygen atoms in total. The van der Waals surface area contributed by atoms with Crippen molar-refractivity contribution in [3.63, 3.8) is 0 Å². The second-order valence-electron chi connectivity index (χ2n) is 10.8. The molecule has 0 N–H and O–H groups in total. The maximum absolute atomic E-state index is 6.52. The number of fused-ring (bicyclic) bond motifs is 3. The number of aryl methyl sites for hydroxylation is 1. The van der Waals surface area contributed by atoms with Gasteiger partial charge in [0, 0.05) is 33.8 Å². The molecule has 8 aromatic rings. The normalized spacial score (nSPS) is 11.3. The minimum absolute atomic E-state index is 0.560. The quantitative estimate of drug-likeness (QED) is 0.207. The van der Waals surface area contributed by atoms with Gasteiger partial charge in [-0.1, -0.05) is 97.1 Å². The van der Waals surface area contributed by atoms with Crippen molar-refractivity contribution in [1.82, 2.24) is 19.9 Å². The summed E-state index contributed by atoms with van der Waals surface area (Å²) in [5.41, 5.74) is 9.62. The first-order chi connectivity index (χ1) is 21.7.